The Kier molecular flexibility index (Phi) is 7.16. The molecule has 0 amide bonds. The molecule has 0 bridgehead atoms. The summed E-state index contributed by atoms with van der Waals surface area (Å²) in [5, 5.41) is 10.2. The summed E-state index contributed by atoms with van der Waals surface area (Å²) in [7, 11) is 1.71. The predicted octanol–water partition coefficient (Wildman–Crippen LogP) is 3.89. The minimum atomic E-state index is -0.796. The van der Waals surface area contributed by atoms with E-state index in [-0.39, 0.29) is 6.42 Å². The molecular formula is C28H33N5O3. The van der Waals surface area contributed by atoms with Gasteiger partial charge in [0.2, 0.25) is 0 Å². The number of likely N-dealkylation sites (tertiary alicyclic amines) is 1. The van der Waals surface area contributed by atoms with E-state index < -0.39 is 5.97 Å². The average molecular weight is 488 g/mol. The van der Waals surface area contributed by atoms with Crippen molar-refractivity contribution in [2.45, 2.75) is 38.8 Å². The number of carboxylic acids is 1. The maximum absolute atomic E-state index is 11.1. The van der Waals surface area contributed by atoms with Crippen LogP contribution in [0, 0.1) is 5.92 Å². The summed E-state index contributed by atoms with van der Waals surface area (Å²) in [6.45, 7) is 4.37. The molecule has 0 saturated carbocycles. The van der Waals surface area contributed by atoms with Crippen LogP contribution in [-0.2, 0) is 35.5 Å². The van der Waals surface area contributed by atoms with Gasteiger partial charge in [-0.05, 0) is 49.0 Å². The van der Waals surface area contributed by atoms with Crippen molar-refractivity contribution in [2.24, 2.45) is 5.92 Å². The molecular weight excluding hydrogens is 454 g/mol. The fraction of sp³-hybridized carbons (Fsp3) is 0.393. The number of rotatable bonds is 9. The van der Waals surface area contributed by atoms with Crippen LogP contribution < -0.4 is 5.73 Å². The normalized spacial score (nSPS) is 15.1. The molecule has 8 nitrogen and oxygen atoms in total. The first kappa shape index (κ1) is 24.2. The molecule has 3 N–H and O–H groups in total. The highest BCUT2D eigenvalue weighted by atomic mass is 16.5. The molecule has 0 aliphatic carbocycles. The standard InChI is InChI=1S/C28H33N5O3/c1-36-14-11-24-31-26-27(22-7-2-3-8-23(22)30-28(26)29)33(24)18-19-9-12-32(13-10-19)17-21-6-4-5-20(15-21)16-25(34)35/h2-8,15,19H,9-14,16-18H2,1H3,(H2,29,30)(H,34,35). The highest BCUT2D eigenvalue weighted by Crippen LogP contribution is 2.31. The Morgan fingerprint density at radius 2 is 1.89 bits per heavy atom. The van der Waals surface area contributed by atoms with Gasteiger partial charge in [-0.25, -0.2) is 9.97 Å². The van der Waals surface area contributed by atoms with Gasteiger partial charge in [0.1, 0.15) is 11.3 Å². The maximum atomic E-state index is 11.1. The Bertz CT molecular complexity index is 1370. The second-order valence-corrected chi connectivity index (χ2v) is 9.70. The van der Waals surface area contributed by atoms with E-state index in [2.05, 4.69) is 26.6 Å². The zero-order valence-electron chi connectivity index (χ0n) is 20.7. The van der Waals surface area contributed by atoms with E-state index in [1.165, 1.54) is 5.56 Å². The maximum Gasteiger partial charge on any atom is 0.307 e. The van der Waals surface area contributed by atoms with E-state index in [4.69, 9.17) is 20.6 Å². The molecule has 1 aliphatic rings. The number of carbonyl (C=O) groups is 1. The SMILES string of the molecule is COCCc1nc2c(N)nc3ccccc3c2n1CC1CCN(Cc2cccc(CC(=O)O)c2)CC1. The van der Waals surface area contributed by atoms with E-state index in [9.17, 15) is 4.79 Å². The number of aliphatic carboxylic acids is 1. The van der Waals surface area contributed by atoms with Gasteiger partial charge in [0.25, 0.3) is 0 Å². The molecule has 0 unspecified atom stereocenters. The number of carboxylic acid groups (broad SMARTS) is 1. The molecule has 2 aromatic heterocycles. The zero-order chi connectivity index (χ0) is 25.1. The second kappa shape index (κ2) is 10.6. The van der Waals surface area contributed by atoms with Gasteiger partial charge >= 0.3 is 5.97 Å². The van der Waals surface area contributed by atoms with Crippen LogP contribution in [0.2, 0.25) is 0 Å². The first-order chi connectivity index (χ1) is 17.5. The molecule has 2 aromatic carbocycles. The van der Waals surface area contributed by atoms with Crippen molar-refractivity contribution in [3.63, 3.8) is 0 Å². The van der Waals surface area contributed by atoms with Gasteiger partial charge in [-0.3, -0.25) is 9.69 Å². The van der Waals surface area contributed by atoms with Gasteiger partial charge in [-0.2, -0.15) is 0 Å². The van der Waals surface area contributed by atoms with Crippen LogP contribution in [0.15, 0.2) is 48.5 Å². The Morgan fingerprint density at radius 1 is 1.11 bits per heavy atom. The fourth-order valence-electron chi connectivity index (χ4n) is 5.34. The first-order valence-electron chi connectivity index (χ1n) is 12.6. The quantitative estimate of drug-likeness (QED) is 0.369. The molecule has 36 heavy (non-hydrogen) atoms. The summed E-state index contributed by atoms with van der Waals surface area (Å²) in [4.78, 5) is 23.0. The molecule has 0 atom stereocenters. The van der Waals surface area contributed by atoms with Crippen LogP contribution in [0.25, 0.3) is 21.9 Å². The van der Waals surface area contributed by atoms with Gasteiger partial charge < -0.3 is 20.1 Å². The first-order valence-corrected chi connectivity index (χ1v) is 12.6. The van der Waals surface area contributed by atoms with Gasteiger partial charge in [0.05, 0.1) is 24.1 Å². The number of ether oxygens (including phenoxy) is 1. The van der Waals surface area contributed by atoms with E-state index >= 15 is 0 Å². The number of hydrogen-bond acceptors (Lipinski definition) is 6. The Morgan fingerprint density at radius 3 is 2.67 bits per heavy atom. The third kappa shape index (κ3) is 5.20. The number of para-hydroxylation sites is 1. The number of fused-ring (bicyclic) bond motifs is 3. The van der Waals surface area contributed by atoms with Crippen LogP contribution >= 0.6 is 0 Å². The molecule has 1 saturated heterocycles. The number of anilines is 1. The van der Waals surface area contributed by atoms with Crippen LogP contribution in [-0.4, -0.2) is 57.3 Å². The molecule has 8 heteroatoms. The van der Waals surface area contributed by atoms with Crippen molar-refractivity contribution in [1.82, 2.24) is 19.4 Å². The number of pyridine rings is 1. The predicted molar refractivity (Wildman–Crippen MR) is 141 cm³/mol. The van der Waals surface area contributed by atoms with Crippen molar-refractivity contribution >= 4 is 33.7 Å². The largest absolute Gasteiger partial charge is 0.481 e. The molecule has 0 radical (unpaired) electrons. The van der Waals surface area contributed by atoms with Crippen LogP contribution in [0.5, 0.6) is 0 Å². The molecule has 1 fully saturated rings. The monoisotopic (exact) mass is 487 g/mol. The Hall–Kier alpha value is -3.49. The molecule has 5 rings (SSSR count). The van der Waals surface area contributed by atoms with Crippen molar-refractivity contribution < 1.29 is 14.6 Å². The summed E-state index contributed by atoms with van der Waals surface area (Å²) in [6, 6.07) is 16.1. The summed E-state index contributed by atoms with van der Waals surface area (Å²) in [5.74, 6) is 1.21. The minimum absolute atomic E-state index is 0.0644. The van der Waals surface area contributed by atoms with E-state index in [1.54, 1.807) is 7.11 Å². The second-order valence-electron chi connectivity index (χ2n) is 9.70. The zero-order valence-corrected chi connectivity index (χ0v) is 20.7. The van der Waals surface area contributed by atoms with Gasteiger partial charge in [-0.15, -0.1) is 0 Å². The average Bonchev–Trinajstić information content (AvgIpc) is 3.23. The third-order valence-corrected chi connectivity index (χ3v) is 7.12. The van der Waals surface area contributed by atoms with E-state index in [0.29, 0.717) is 18.3 Å². The van der Waals surface area contributed by atoms with Gasteiger partial charge in [0, 0.05) is 32.0 Å². The third-order valence-electron chi connectivity index (χ3n) is 7.12. The topological polar surface area (TPSA) is 107 Å². The van der Waals surface area contributed by atoms with E-state index in [1.807, 2.05) is 36.4 Å². The smallest absolute Gasteiger partial charge is 0.307 e. The molecule has 0 spiro atoms. The lowest BCUT2D eigenvalue weighted by Gasteiger charge is -2.32. The number of methoxy groups -OCH3 is 1. The summed E-state index contributed by atoms with van der Waals surface area (Å²) >= 11 is 0. The van der Waals surface area contributed by atoms with Crippen molar-refractivity contribution in [3.05, 3.63) is 65.5 Å². The Labute approximate surface area is 210 Å². The lowest BCUT2D eigenvalue weighted by molar-refractivity contribution is -0.136. The van der Waals surface area contributed by atoms with Crippen molar-refractivity contribution in [1.29, 1.82) is 0 Å². The van der Waals surface area contributed by atoms with Crippen molar-refractivity contribution in [2.75, 3.05) is 32.5 Å². The Balaban J connectivity index is 1.33. The number of hydrogen-bond donors (Lipinski definition) is 2. The highest BCUT2D eigenvalue weighted by Gasteiger charge is 2.24. The van der Waals surface area contributed by atoms with Gasteiger partial charge in [-0.1, -0.05) is 42.5 Å². The van der Waals surface area contributed by atoms with E-state index in [0.717, 1.165) is 78.8 Å². The summed E-state index contributed by atoms with van der Waals surface area (Å²) in [5.41, 5.74) is 11.1. The molecule has 4 aromatic rings. The summed E-state index contributed by atoms with van der Waals surface area (Å²) in [6.07, 6.45) is 2.98. The van der Waals surface area contributed by atoms with Crippen LogP contribution in [0.3, 0.4) is 0 Å². The molecule has 1 aliphatic heterocycles. The fourth-order valence-corrected chi connectivity index (χ4v) is 5.34. The lowest BCUT2D eigenvalue weighted by Crippen LogP contribution is -2.34. The number of benzene rings is 2. The number of nitrogens with two attached hydrogens (primary N) is 1. The van der Waals surface area contributed by atoms with Crippen molar-refractivity contribution in [3.8, 4) is 0 Å². The number of piperidine rings is 1. The number of nitrogens with zero attached hydrogens (tertiary/aromatic N) is 4. The highest BCUT2D eigenvalue weighted by molar-refractivity contribution is 6.06. The number of imidazole rings is 1. The summed E-state index contributed by atoms with van der Waals surface area (Å²) < 4.78 is 7.72. The number of nitrogen functional groups attached to an aromatic ring is 1. The molecule has 3 heterocycles. The van der Waals surface area contributed by atoms with Crippen LogP contribution in [0.4, 0.5) is 5.82 Å². The molecule has 188 valence electrons. The van der Waals surface area contributed by atoms with Gasteiger partial charge in [0.15, 0.2) is 5.82 Å². The minimum Gasteiger partial charge on any atom is -0.481 e. The van der Waals surface area contributed by atoms with Crippen LogP contribution in [0.1, 0.15) is 29.8 Å². The lowest BCUT2D eigenvalue weighted by atomic mass is 9.96. The number of aromatic nitrogens is 3.